The number of carbonyl (C=O) groups is 1. The summed E-state index contributed by atoms with van der Waals surface area (Å²) in [6.45, 7) is 5.84. The Morgan fingerprint density at radius 2 is 1.80 bits per heavy atom. The van der Waals surface area contributed by atoms with Gasteiger partial charge in [-0.2, -0.15) is 4.98 Å². The van der Waals surface area contributed by atoms with Crippen molar-refractivity contribution < 1.29 is 17.9 Å². The molecule has 0 amide bonds. The fourth-order valence-electron chi connectivity index (χ4n) is 5.01. The lowest BCUT2D eigenvalue weighted by molar-refractivity contribution is 0.112. The van der Waals surface area contributed by atoms with E-state index in [1.165, 1.54) is 23.8 Å². The quantitative estimate of drug-likeness (QED) is 0.237. The van der Waals surface area contributed by atoms with Gasteiger partial charge in [-0.15, -0.1) is 0 Å². The van der Waals surface area contributed by atoms with Crippen LogP contribution in [0.1, 0.15) is 53.4 Å². The SMILES string of the molecule is CC(C)CCc1ccccc1-c1cc(OC2CN(C)Cc3ccccc32)nc(NS(=O)(=O)c2cccc(C=O)c2)n1. The number of hydrogen-bond acceptors (Lipinski definition) is 7. The number of nitrogens with one attached hydrogen (secondary N) is 1. The number of rotatable bonds is 10. The lowest BCUT2D eigenvalue weighted by Gasteiger charge is -2.32. The summed E-state index contributed by atoms with van der Waals surface area (Å²) in [5, 5.41) is 0. The molecule has 8 nitrogen and oxygen atoms in total. The van der Waals surface area contributed by atoms with Crippen molar-refractivity contribution in [1.29, 1.82) is 0 Å². The van der Waals surface area contributed by atoms with Gasteiger partial charge in [0, 0.05) is 30.3 Å². The van der Waals surface area contributed by atoms with E-state index in [4.69, 9.17) is 4.74 Å². The third-order valence-corrected chi connectivity index (χ3v) is 8.43. The topological polar surface area (TPSA) is 101 Å². The predicted molar refractivity (Wildman–Crippen MR) is 159 cm³/mol. The molecule has 1 aliphatic heterocycles. The van der Waals surface area contributed by atoms with Crippen molar-refractivity contribution in [3.63, 3.8) is 0 Å². The van der Waals surface area contributed by atoms with E-state index >= 15 is 0 Å². The van der Waals surface area contributed by atoms with Gasteiger partial charge in [-0.05, 0) is 54.6 Å². The van der Waals surface area contributed by atoms with Gasteiger partial charge < -0.3 is 4.74 Å². The molecule has 1 N–H and O–H groups in total. The number of nitrogens with zero attached hydrogens (tertiary/aromatic N) is 3. The molecular weight excluding hydrogens is 536 g/mol. The minimum atomic E-state index is -4.08. The number of aryl methyl sites for hydroxylation is 1. The third-order valence-electron chi connectivity index (χ3n) is 7.10. The van der Waals surface area contributed by atoms with Crippen molar-refractivity contribution in [1.82, 2.24) is 14.9 Å². The van der Waals surface area contributed by atoms with Crippen LogP contribution in [0.4, 0.5) is 5.95 Å². The minimum Gasteiger partial charge on any atom is -0.468 e. The standard InChI is InChI=1S/C32H34N4O4S/c1-22(2)15-16-24-10-4-6-13-27(24)29-18-31(40-30-20-36(3)19-25-11-5-7-14-28(25)30)34-32(33-29)35-41(38,39)26-12-8-9-23(17-26)21-37/h4-14,17-18,21-22,30H,15-16,19-20H2,1-3H3,(H,33,34,35). The van der Waals surface area contributed by atoms with Crippen LogP contribution in [0.5, 0.6) is 5.88 Å². The Hall–Kier alpha value is -4.08. The van der Waals surface area contributed by atoms with Gasteiger partial charge in [-0.25, -0.2) is 18.1 Å². The molecule has 0 fully saturated rings. The van der Waals surface area contributed by atoms with E-state index in [0.717, 1.165) is 36.1 Å². The third kappa shape index (κ3) is 6.81. The lowest BCUT2D eigenvalue weighted by atomic mass is 9.96. The summed E-state index contributed by atoms with van der Waals surface area (Å²) in [4.78, 5) is 22.5. The summed E-state index contributed by atoms with van der Waals surface area (Å²) in [6, 6.07) is 23.7. The van der Waals surface area contributed by atoms with E-state index in [1.807, 2.05) is 37.4 Å². The molecule has 2 heterocycles. The first-order chi connectivity index (χ1) is 19.7. The molecule has 1 atom stereocenters. The van der Waals surface area contributed by atoms with E-state index in [0.29, 0.717) is 24.4 Å². The van der Waals surface area contributed by atoms with Crippen molar-refractivity contribution in [3.8, 4) is 17.1 Å². The average Bonchev–Trinajstić information content (AvgIpc) is 2.96. The zero-order valence-electron chi connectivity index (χ0n) is 23.4. The van der Waals surface area contributed by atoms with Gasteiger partial charge in [0.15, 0.2) is 0 Å². The number of hydrogen-bond donors (Lipinski definition) is 1. The summed E-state index contributed by atoms with van der Waals surface area (Å²) in [5.74, 6) is 0.688. The molecule has 0 aliphatic carbocycles. The van der Waals surface area contributed by atoms with E-state index in [1.54, 1.807) is 12.1 Å². The van der Waals surface area contributed by atoms with Crippen molar-refractivity contribution in [2.24, 2.45) is 5.92 Å². The molecule has 3 aromatic carbocycles. The van der Waals surface area contributed by atoms with Crippen LogP contribution in [-0.2, 0) is 23.0 Å². The Balaban J connectivity index is 1.56. The zero-order chi connectivity index (χ0) is 29.0. The second kappa shape index (κ2) is 12.2. The van der Waals surface area contributed by atoms with Gasteiger partial charge in [0.2, 0.25) is 11.8 Å². The van der Waals surface area contributed by atoms with Crippen LogP contribution < -0.4 is 9.46 Å². The van der Waals surface area contributed by atoms with Crippen LogP contribution in [0.3, 0.4) is 0 Å². The number of aldehydes is 1. The zero-order valence-corrected chi connectivity index (χ0v) is 24.3. The van der Waals surface area contributed by atoms with Crippen LogP contribution >= 0.6 is 0 Å². The smallest absolute Gasteiger partial charge is 0.264 e. The van der Waals surface area contributed by atoms with Gasteiger partial charge in [0.05, 0.1) is 10.6 Å². The first-order valence-corrected chi connectivity index (χ1v) is 15.2. The molecular formula is C32H34N4O4S. The summed E-state index contributed by atoms with van der Waals surface area (Å²) >= 11 is 0. The van der Waals surface area contributed by atoms with Crippen molar-refractivity contribution in [2.75, 3.05) is 18.3 Å². The van der Waals surface area contributed by atoms with Gasteiger partial charge in [0.1, 0.15) is 12.4 Å². The highest BCUT2D eigenvalue weighted by atomic mass is 32.2. The van der Waals surface area contributed by atoms with Crippen LogP contribution in [-0.4, -0.2) is 43.2 Å². The lowest BCUT2D eigenvalue weighted by Crippen LogP contribution is -2.33. The molecule has 212 valence electrons. The Kier molecular flexibility index (Phi) is 8.46. The first kappa shape index (κ1) is 28.4. The summed E-state index contributed by atoms with van der Waals surface area (Å²) in [6.07, 6.45) is 2.17. The van der Waals surface area contributed by atoms with Crippen molar-refractivity contribution >= 4 is 22.3 Å². The molecule has 0 bridgehead atoms. The van der Waals surface area contributed by atoms with Gasteiger partial charge in [0.25, 0.3) is 10.0 Å². The van der Waals surface area contributed by atoms with Gasteiger partial charge >= 0.3 is 0 Å². The number of ether oxygens (including phenoxy) is 1. The first-order valence-electron chi connectivity index (χ1n) is 13.7. The maximum absolute atomic E-state index is 13.3. The van der Waals surface area contributed by atoms with E-state index in [2.05, 4.69) is 51.6 Å². The van der Waals surface area contributed by atoms with E-state index in [-0.39, 0.29) is 28.4 Å². The number of likely N-dealkylation sites (N-methyl/N-ethyl adjacent to an activating group) is 1. The molecule has 9 heteroatoms. The Bertz CT molecular complexity index is 1660. The molecule has 4 aromatic rings. The second-order valence-electron chi connectivity index (χ2n) is 10.8. The molecule has 0 spiro atoms. The highest BCUT2D eigenvalue weighted by Crippen LogP contribution is 2.33. The molecule has 0 saturated heterocycles. The van der Waals surface area contributed by atoms with Gasteiger partial charge in [-0.1, -0.05) is 74.5 Å². The Labute approximate surface area is 241 Å². The maximum atomic E-state index is 13.3. The minimum absolute atomic E-state index is 0.0567. The molecule has 1 unspecified atom stereocenters. The highest BCUT2D eigenvalue weighted by Gasteiger charge is 2.26. The number of anilines is 1. The van der Waals surface area contributed by atoms with E-state index < -0.39 is 10.0 Å². The number of aromatic nitrogens is 2. The van der Waals surface area contributed by atoms with Crippen molar-refractivity contribution in [2.45, 2.75) is 44.2 Å². The van der Waals surface area contributed by atoms with Gasteiger partial charge in [-0.3, -0.25) is 9.69 Å². The predicted octanol–water partition coefficient (Wildman–Crippen LogP) is 5.91. The molecule has 1 aromatic heterocycles. The fourth-order valence-corrected chi connectivity index (χ4v) is 6.01. The fraction of sp³-hybridized carbons (Fsp3) is 0.281. The highest BCUT2D eigenvalue weighted by molar-refractivity contribution is 7.92. The molecule has 1 aliphatic rings. The number of sulfonamides is 1. The van der Waals surface area contributed by atoms with E-state index in [9.17, 15) is 13.2 Å². The number of fused-ring (bicyclic) bond motifs is 1. The van der Waals surface area contributed by atoms with Crippen molar-refractivity contribution in [3.05, 3.63) is 101 Å². The monoisotopic (exact) mass is 570 g/mol. The van der Waals surface area contributed by atoms with Crippen LogP contribution in [0.2, 0.25) is 0 Å². The molecule has 5 rings (SSSR count). The largest absolute Gasteiger partial charge is 0.468 e. The van der Waals surface area contributed by atoms with Crippen LogP contribution in [0, 0.1) is 5.92 Å². The maximum Gasteiger partial charge on any atom is 0.264 e. The van der Waals surface area contributed by atoms with Crippen LogP contribution in [0.15, 0.2) is 83.8 Å². The molecule has 0 radical (unpaired) electrons. The average molecular weight is 571 g/mol. The van der Waals surface area contributed by atoms with Crippen LogP contribution in [0.25, 0.3) is 11.3 Å². The normalized spacial score (nSPS) is 15.4. The summed E-state index contributed by atoms with van der Waals surface area (Å²) < 4.78 is 35.6. The number of benzene rings is 3. The summed E-state index contributed by atoms with van der Waals surface area (Å²) in [5.41, 5.74) is 5.08. The molecule has 0 saturated carbocycles. The molecule has 41 heavy (non-hydrogen) atoms. The summed E-state index contributed by atoms with van der Waals surface area (Å²) in [7, 11) is -2.04. The second-order valence-corrected chi connectivity index (χ2v) is 12.5. The Morgan fingerprint density at radius 3 is 2.61 bits per heavy atom. The Morgan fingerprint density at radius 1 is 1.02 bits per heavy atom. The number of carbonyl (C=O) groups excluding carboxylic acids is 1.